The predicted molar refractivity (Wildman–Crippen MR) is 104 cm³/mol. The number of anilines is 1. The van der Waals surface area contributed by atoms with Gasteiger partial charge in [0.1, 0.15) is 11.5 Å². The fraction of sp³-hybridized carbons (Fsp3) is 0.474. The summed E-state index contributed by atoms with van der Waals surface area (Å²) in [6.45, 7) is 5.68. The summed E-state index contributed by atoms with van der Waals surface area (Å²) >= 11 is 1.72. The van der Waals surface area contributed by atoms with Gasteiger partial charge in [-0.1, -0.05) is 6.07 Å². The van der Waals surface area contributed by atoms with Crippen molar-refractivity contribution >= 4 is 22.8 Å². The highest BCUT2D eigenvalue weighted by molar-refractivity contribution is 7.13. The molecule has 0 amide bonds. The molecular weight excluding hydrogens is 346 g/mol. The molecule has 0 unspecified atom stereocenters. The van der Waals surface area contributed by atoms with Gasteiger partial charge < -0.3 is 10.1 Å². The summed E-state index contributed by atoms with van der Waals surface area (Å²) < 4.78 is 7.45. The lowest BCUT2D eigenvalue weighted by molar-refractivity contribution is 0.0398. The van der Waals surface area contributed by atoms with Gasteiger partial charge in [0.25, 0.3) is 0 Å². The van der Waals surface area contributed by atoms with Crippen molar-refractivity contribution in [1.29, 1.82) is 0 Å². The largest absolute Gasteiger partial charge is 0.379 e. The Bertz CT molecular complexity index is 898. The number of fused-ring (bicyclic) bond motifs is 2. The summed E-state index contributed by atoms with van der Waals surface area (Å²) in [4.78, 5) is 8.53. The number of aryl methyl sites for hydroxylation is 1. The Hall–Kier alpha value is -1.96. The quantitative estimate of drug-likeness (QED) is 0.749. The van der Waals surface area contributed by atoms with E-state index < -0.39 is 0 Å². The first-order chi connectivity index (χ1) is 12.9. The molecule has 0 bridgehead atoms. The van der Waals surface area contributed by atoms with Crippen LogP contribution in [-0.2, 0) is 17.6 Å². The number of ether oxygens (including phenoxy) is 1. The maximum atomic E-state index is 5.44. The second kappa shape index (κ2) is 6.98. The SMILES string of the molecule is c1csc(-c2cc3nc4c(c(NCCN5CCOCC5)n3n2)CCC4)c1. The van der Waals surface area contributed by atoms with E-state index in [2.05, 4.69) is 33.8 Å². The van der Waals surface area contributed by atoms with Gasteiger partial charge in [-0.15, -0.1) is 11.3 Å². The molecule has 0 spiro atoms. The number of hydrogen-bond acceptors (Lipinski definition) is 6. The third-order valence-electron chi connectivity index (χ3n) is 5.22. The van der Waals surface area contributed by atoms with Crippen molar-refractivity contribution in [3.63, 3.8) is 0 Å². The van der Waals surface area contributed by atoms with Crippen molar-refractivity contribution < 1.29 is 4.74 Å². The molecule has 26 heavy (non-hydrogen) atoms. The summed E-state index contributed by atoms with van der Waals surface area (Å²) in [7, 11) is 0. The van der Waals surface area contributed by atoms with E-state index in [1.165, 1.54) is 22.6 Å². The monoisotopic (exact) mass is 369 g/mol. The van der Waals surface area contributed by atoms with Gasteiger partial charge in [0, 0.05) is 43.5 Å². The van der Waals surface area contributed by atoms with Crippen LogP contribution in [-0.4, -0.2) is 58.9 Å². The zero-order chi connectivity index (χ0) is 17.3. The second-order valence-corrected chi connectivity index (χ2v) is 7.84. The number of aromatic nitrogens is 3. The number of thiophene rings is 1. The van der Waals surface area contributed by atoms with Crippen LogP contribution in [0.5, 0.6) is 0 Å². The topological polar surface area (TPSA) is 54.7 Å². The van der Waals surface area contributed by atoms with Crippen LogP contribution in [0.2, 0.25) is 0 Å². The van der Waals surface area contributed by atoms with E-state index in [1.807, 2.05) is 4.52 Å². The molecule has 1 aliphatic heterocycles. The zero-order valence-corrected chi connectivity index (χ0v) is 15.6. The minimum Gasteiger partial charge on any atom is -0.379 e. The molecule has 4 heterocycles. The molecule has 1 fully saturated rings. The van der Waals surface area contributed by atoms with E-state index in [1.54, 1.807) is 11.3 Å². The Morgan fingerprint density at radius 2 is 2.15 bits per heavy atom. The van der Waals surface area contributed by atoms with Gasteiger partial charge in [0.15, 0.2) is 5.65 Å². The molecule has 2 aliphatic rings. The Kier molecular flexibility index (Phi) is 4.36. The van der Waals surface area contributed by atoms with Gasteiger partial charge in [-0.3, -0.25) is 4.90 Å². The highest BCUT2D eigenvalue weighted by Gasteiger charge is 2.22. The number of morpholine rings is 1. The van der Waals surface area contributed by atoms with Crippen molar-refractivity contribution in [2.75, 3.05) is 44.7 Å². The minimum absolute atomic E-state index is 0.845. The second-order valence-electron chi connectivity index (χ2n) is 6.90. The molecule has 0 radical (unpaired) electrons. The average molecular weight is 369 g/mol. The fourth-order valence-electron chi connectivity index (χ4n) is 3.87. The summed E-state index contributed by atoms with van der Waals surface area (Å²) in [6, 6.07) is 6.29. The minimum atomic E-state index is 0.845. The summed E-state index contributed by atoms with van der Waals surface area (Å²) in [5, 5.41) is 10.6. The molecule has 0 aromatic carbocycles. The molecule has 0 saturated carbocycles. The first-order valence-electron chi connectivity index (χ1n) is 9.38. The van der Waals surface area contributed by atoms with Crippen molar-refractivity contribution in [3.8, 4) is 10.6 Å². The van der Waals surface area contributed by atoms with Gasteiger partial charge in [0.2, 0.25) is 0 Å². The lowest BCUT2D eigenvalue weighted by atomic mass is 10.2. The maximum Gasteiger partial charge on any atom is 0.158 e. The standard InChI is InChI=1S/C19H23N5OS/c1-3-14-15(4-1)21-18-13-16(17-5-2-12-26-17)22-24(18)19(14)20-6-7-23-8-10-25-11-9-23/h2,5,12-13,20H,1,3-4,6-11H2. The number of nitrogens with zero attached hydrogens (tertiary/aromatic N) is 4. The van der Waals surface area contributed by atoms with E-state index in [0.717, 1.165) is 69.4 Å². The number of nitrogens with one attached hydrogen (secondary N) is 1. The molecule has 6 nitrogen and oxygen atoms in total. The summed E-state index contributed by atoms with van der Waals surface area (Å²) in [6.07, 6.45) is 3.35. The molecule has 3 aromatic rings. The predicted octanol–water partition coefficient (Wildman–Crippen LogP) is 2.69. The molecule has 0 atom stereocenters. The highest BCUT2D eigenvalue weighted by Crippen LogP contribution is 2.31. The van der Waals surface area contributed by atoms with Crippen LogP contribution < -0.4 is 5.32 Å². The molecule has 3 aromatic heterocycles. The molecular formula is C19H23N5OS. The average Bonchev–Trinajstić information content (AvgIpc) is 3.41. The van der Waals surface area contributed by atoms with E-state index in [-0.39, 0.29) is 0 Å². The van der Waals surface area contributed by atoms with E-state index >= 15 is 0 Å². The van der Waals surface area contributed by atoms with Gasteiger partial charge >= 0.3 is 0 Å². The molecule has 7 heteroatoms. The Morgan fingerprint density at radius 3 is 3.00 bits per heavy atom. The smallest absolute Gasteiger partial charge is 0.158 e. The zero-order valence-electron chi connectivity index (χ0n) is 14.8. The molecule has 5 rings (SSSR count). The Balaban J connectivity index is 1.44. The summed E-state index contributed by atoms with van der Waals surface area (Å²) in [5.41, 5.74) is 4.54. The van der Waals surface area contributed by atoms with E-state index in [0.29, 0.717) is 0 Å². The van der Waals surface area contributed by atoms with Gasteiger partial charge in [0.05, 0.1) is 18.1 Å². The molecule has 1 N–H and O–H groups in total. The van der Waals surface area contributed by atoms with Crippen LogP contribution in [0.3, 0.4) is 0 Å². The van der Waals surface area contributed by atoms with E-state index in [9.17, 15) is 0 Å². The normalized spacial score (nSPS) is 17.7. The van der Waals surface area contributed by atoms with Crippen molar-refractivity contribution in [2.45, 2.75) is 19.3 Å². The first-order valence-corrected chi connectivity index (χ1v) is 10.3. The van der Waals surface area contributed by atoms with E-state index in [4.69, 9.17) is 14.8 Å². The number of hydrogen-bond donors (Lipinski definition) is 1. The highest BCUT2D eigenvalue weighted by atomic mass is 32.1. The maximum absolute atomic E-state index is 5.44. The Morgan fingerprint density at radius 1 is 1.23 bits per heavy atom. The van der Waals surface area contributed by atoms with Gasteiger partial charge in [-0.05, 0) is 30.7 Å². The lowest BCUT2D eigenvalue weighted by Crippen LogP contribution is -2.39. The van der Waals surface area contributed by atoms with Crippen LogP contribution in [0, 0.1) is 0 Å². The third-order valence-corrected chi connectivity index (χ3v) is 6.12. The van der Waals surface area contributed by atoms with Gasteiger partial charge in [-0.25, -0.2) is 4.98 Å². The van der Waals surface area contributed by atoms with Crippen LogP contribution in [0.25, 0.3) is 16.2 Å². The lowest BCUT2D eigenvalue weighted by Gasteiger charge is -2.26. The fourth-order valence-corrected chi connectivity index (χ4v) is 4.55. The van der Waals surface area contributed by atoms with Gasteiger partial charge in [-0.2, -0.15) is 9.61 Å². The molecule has 1 aliphatic carbocycles. The van der Waals surface area contributed by atoms with Crippen molar-refractivity contribution in [3.05, 3.63) is 34.8 Å². The first kappa shape index (κ1) is 16.2. The summed E-state index contributed by atoms with van der Waals surface area (Å²) in [5.74, 6) is 1.14. The van der Waals surface area contributed by atoms with Crippen LogP contribution in [0.4, 0.5) is 5.82 Å². The van der Waals surface area contributed by atoms with Crippen LogP contribution in [0.1, 0.15) is 17.7 Å². The Labute approximate surface area is 156 Å². The van der Waals surface area contributed by atoms with Crippen LogP contribution in [0.15, 0.2) is 23.6 Å². The van der Waals surface area contributed by atoms with Crippen molar-refractivity contribution in [2.24, 2.45) is 0 Å². The molecule has 1 saturated heterocycles. The molecule has 136 valence electrons. The number of rotatable bonds is 5. The van der Waals surface area contributed by atoms with Crippen LogP contribution >= 0.6 is 11.3 Å². The van der Waals surface area contributed by atoms with Crippen molar-refractivity contribution in [1.82, 2.24) is 19.5 Å². The third kappa shape index (κ3) is 3.00.